The van der Waals surface area contributed by atoms with E-state index >= 15 is 0 Å². The van der Waals surface area contributed by atoms with Crippen molar-refractivity contribution in [3.8, 4) is 5.88 Å². The van der Waals surface area contributed by atoms with Crippen molar-refractivity contribution in [1.82, 2.24) is 9.97 Å². The van der Waals surface area contributed by atoms with Crippen LogP contribution in [0.3, 0.4) is 0 Å². The van der Waals surface area contributed by atoms with E-state index in [9.17, 15) is 0 Å². The van der Waals surface area contributed by atoms with E-state index in [4.69, 9.17) is 16.3 Å². The zero-order chi connectivity index (χ0) is 12.7. The molecule has 18 heavy (non-hydrogen) atoms. The van der Waals surface area contributed by atoms with Gasteiger partial charge in [0.1, 0.15) is 11.3 Å². The zero-order valence-corrected chi connectivity index (χ0v) is 12.2. The number of fused-ring (bicyclic) bond motifs is 1. The molecule has 0 spiro atoms. The normalized spacial score (nSPS) is 22.8. The summed E-state index contributed by atoms with van der Waals surface area (Å²) >= 11 is 9.38. The van der Waals surface area contributed by atoms with Crippen molar-refractivity contribution in [1.29, 1.82) is 0 Å². The summed E-state index contributed by atoms with van der Waals surface area (Å²) < 4.78 is 6.81. The summed E-state index contributed by atoms with van der Waals surface area (Å²) in [4.78, 5) is 8.43. The maximum atomic E-state index is 5.91. The molecule has 2 aromatic rings. The molecule has 1 aliphatic carbocycles. The van der Waals surface area contributed by atoms with Gasteiger partial charge in [-0.1, -0.05) is 18.5 Å². The van der Waals surface area contributed by atoms with Crippen LogP contribution in [0.4, 0.5) is 0 Å². The van der Waals surface area contributed by atoms with Gasteiger partial charge in [0.25, 0.3) is 0 Å². The van der Waals surface area contributed by atoms with E-state index in [0.717, 1.165) is 34.0 Å². The van der Waals surface area contributed by atoms with Crippen LogP contribution >= 0.6 is 27.5 Å². The molecule has 3 nitrogen and oxygen atoms in total. The molecule has 5 heteroatoms. The van der Waals surface area contributed by atoms with Gasteiger partial charge in [0, 0.05) is 22.3 Å². The van der Waals surface area contributed by atoms with Crippen molar-refractivity contribution in [2.45, 2.75) is 25.9 Å². The summed E-state index contributed by atoms with van der Waals surface area (Å²) in [6, 6.07) is 1.82. The lowest BCUT2D eigenvalue weighted by molar-refractivity contribution is 0.0711. The van der Waals surface area contributed by atoms with E-state index in [1.54, 1.807) is 12.4 Å². The van der Waals surface area contributed by atoms with Crippen molar-refractivity contribution >= 4 is 38.3 Å². The zero-order valence-electron chi connectivity index (χ0n) is 9.86. The highest BCUT2D eigenvalue weighted by Gasteiger charge is 2.28. The predicted octanol–water partition coefficient (Wildman–Crippen LogP) is 4.22. The Balaban J connectivity index is 1.99. The van der Waals surface area contributed by atoms with Crippen LogP contribution in [0, 0.1) is 5.92 Å². The molecule has 0 aliphatic heterocycles. The van der Waals surface area contributed by atoms with Gasteiger partial charge in [-0.25, -0.2) is 9.97 Å². The van der Waals surface area contributed by atoms with Gasteiger partial charge >= 0.3 is 0 Å². The Labute approximate surface area is 119 Å². The van der Waals surface area contributed by atoms with Crippen molar-refractivity contribution in [2.75, 3.05) is 0 Å². The van der Waals surface area contributed by atoms with Gasteiger partial charge in [-0.05, 0) is 40.8 Å². The van der Waals surface area contributed by atoms with E-state index < -0.39 is 0 Å². The Kier molecular flexibility index (Phi) is 3.16. The third kappa shape index (κ3) is 2.19. The number of nitrogens with zero attached hydrogens (tertiary/aromatic N) is 2. The van der Waals surface area contributed by atoms with Gasteiger partial charge in [-0.2, -0.15) is 0 Å². The Morgan fingerprint density at radius 2 is 2.06 bits per heavy atom. The predicted molar refractivity (Wildman–Crippen MR) is 75.1 cm³/mol. The monoisotopic (exact) mass is 326 g/mol. The lowest BCUT2D eigenvalue weighted by atomic mass is 9.84. The molecule has 0 aromatic carbocycles. The molecular weight excluding hydrogens is 316 g/mol. The van der Waals surface area contributed by atoms with Crippen molar-refractivity contribution in [3.63, 3.8) is 0 Å². The fraction of sp³-hybridized carbons (Fsp3) is 0.385. The number of ether oxygens (including phenoxy) is 1. The van der Waals surface area contributed by atoms with Gasteiger partial charge in [0.2, 0.25) is 5.88 Å². The van der Waals surface area contributed by atoms with Crippen LogP contribution in [0.2, 0.25) is 5.15 Å². The number of rotatable bonds is 2. The third-order valence-electron chi connectivity index (χ3n) is 3.26. The second-order valence-corrected chi connectivity index (χ2v) is 6.02. The highest BCUT2D eigenvalue weighted by atomic mass is 79.9. The minimum Gasteiger partial charge on any atom is -0.474 e. The second kappa shape index (κ2) is 4.67. The van der Waals surface area contributed by atoms with Gasteiger partial charge in [0.05, 0.1) is 5.39 Å². The van der Waals surface area contributed by atoms with E-state index in [1.807, 2.05) is 6.07 Å². The van der Waals surface area contributed by atoms with E-state index in [2.05, 4.69) is 32.8 Å². The molecule has 94 valence electrons. The van der Waals surface area contributed by atoms with Crippen LogP contribution in [-0.2, 0) is 0 Å². The van der Waals surface area contributed by atoms with Crippen LogP contribution in [-0.4, -0.2) is 16.1 Å². The second-order valence-electron chi connectivity index (χ2n) is 4.78. The summed E-state index contributed by atoms with van der Waals surface area (Å²) in [5.41, 5.74) is 0. The van der Waals surface area contributed by atoms with Crippen LogP contribution in [0.25, 0.3) is 10.8 Å². The highest BCUT2D eigenvalue weighted by molar-refractivity contribution is 9.10. The van der Waals surface area contributed by atoms with Crippen molar-refractivity contribution < 1.29 is 4.74 Å². The molecular formula is C13H12BrClN2O. The standard InChI is InChI=1S/C13H12BrClN2O/c1-7-2-8(3-7)18-13-10-5-16-12(15)4-9(10)11(14)6-17-13/h4-8H,2-3H2,1H3/t7-,8-. The molecule has 1 saturated carbocycles. The SMILES string of the molecule is C[C@H]1C[C@H](Oc2ncc(Br)c3cc(Cl)ncc23)C1. The molecule has 0 radical (unpaired) electrons. The lowest BCUT2D eigenvalue weighted by Gasteiger charge is -2.32. The smallest absolute Gasteiger partial charge is 0.223 e. The molecule has 0 atom stereocenters. The minimum absolute atomic E-state index is 0.285. The quantitative estimate of drug-likeness (QED) is 0.775. The molecule has 1 aliphatic rings. The van der Waals surface area contributed by atoms with E-state index in [1.165, 1.54) is 0 Å². The van der Waals surface area contributed by atoms with Crippen LogP contribution < -0.4 is 4.74 Å². The largest absolute Gasteiger partial charge is 0.474 e. The van der Waals surface area contributed by atoms with Gasteiger partial charge in [0.15, 0.2) is 0 Å². The van der Waals surface area contributed by atoms with Crippen LogP contribution in [0.5, 0.6) is 5.88 Å². The van der Waals surface area contributed by atoms with Crippen LogP contribution in [0.15, 0.2) is 22.9 Å². The number of aromatic nitrogens is 2. The summed E-state index contributed by atoms with van der Waals surface area (Å²) in [5, 5.41) is 2.35. The fourth-order valence-electron chi connectivity index (χ4n) is 2.23. The number of hydrogen-bond acceptors (Lipinski definition) is 3. The summed E-state index contributed by atoms with van der Waals surface area (Å²) in [7, 11) is 0. The molecule has 1 fully saturated rings. The average Bonchev–Trinajstić information content (AvgIpc) is 2.31. The van der Waals surface area contributed by atoms with Gasteiger partial charge in [-0.3, -0.25) is 0 Å². The van der Waals surface area contributed by atoms with Crippen molar-refractivity contribution in [2.24, 2.45) is 5.92 Å². The lowest BCUT2D eigenvalue weighted by Crippen LogP contribution is -2.32. The molecule has 2 heterocycles. The Morgan fingerprint density at radius 3 is 2.78 bits per heavy atom. The topological polar surface area (TPSA) is 35.0 Å². The summed E-state index contributed by atoms with van der Waals surface area (Å²) in [6.07, 6.45) is 5.94. The first-order valence-electron chi connectivity index (χ1n) is 5.90. The van der Waals surface area contributed by atoms with E-state index in [0.29, 0.717) is 11.0 Å². The summed E-state index contributed by atoms with van der Waals surface area (Å²) in [6.45, 7) is 2.23. The highest BCUT2D eigenvalue weighted by Crippen LogP contribution is 2.35. The molecule has 0 saturated heterocycles. The molecule has 0 bridgehead atoms. The minimum atomic E-state index is 0.285. The van der Waals surface area contributed by atoms with E-state index in [-0.39, 0.29) is 6.10 Å². The number of halogens is 2. The van der Waals surface area contributed by atoms with Gasteiger partial charge < -0.3 is 4.74 Å². The van der Waals surface area contributed by atoms with Crippen molar-refractivity contribution in [3.05, 3.63) is 28.1 Å². The van der Waals surface area contributed by atoms with Gasteiger partial charge in [-0.15, -0.1) is 0 Å². The Morgan fingerprint density at radius 1 is 1.28 bits per heavy atom. The molecule has 0 amide bonds. The van der Waals surface area contributed by atoms with Crippen LogP contribution in [0.1, 0.15) is 19.8 Å². The molecule has 0 unspecified atom stereocenters. The number of hydrogen-bond donors (Lipinski definition) is 0. The first-order valence-corrected chi connectivity index (χ1v) is 7.07. The number of pyridine rings is 2. The maximum absolute atomic E-state index is 5.91. The molecule has 0 N–H and O–H groups in total. The maximum Gasteiger partial charge on any atom is 0.223 e. The first kappa shape index (κ1) is 12.2. The molecule has 3 rings (SSSR count). The Bertz CT molecular complexity index is 599. The molecule has 2 aromatic heterocycles. The Hall–Kier alpha value is -0.870. The summed E-state index contributed by atoms with van der Waals surface area (Å²) in [5.74, 6) is 1.40. The third-order valence-corrected chi connectivity index (χ3v) is 4.10. The fourth-order valence-corrected chi connectivity index (χ4v) is 2.82. The first-order chi connectivity index (χ1) is 8.63. The average molecular weight is 328 g/mol.